The molecule has 1 heterocycles. The first kappa shape index (κ1) is 19.0. The van der Waals surface area contributed by atoms with E-state index in [1.807, 2.05) is 44.2 Å². The van der Waals surface area contributed by atoms with Gasteiger partial charge in [-0.3, -0.25) is 4.79 Å². The van der Waals surface area contributed by atoms with Crippen molar-refractivity contribution in [2.75, 3.05) is 6.54 Å². The summed E-state index contributed by atoms with van der Waals surface area (Å²) in [5.41, 5.74) is 2.76. The van der Waals surface area contributed by atoms with E-state index in [1.165, 1.54) is 0 Å². The van der Waals surface area contributed by atoms with E-state index in [0.717, 1.165) is 22.6 Å². The molecule has 3 aromatic rings. The van der Waals surface area contributed by atoms with Gasteiger partial charge in [0.1, 0.15) is 11.6 Å². The van der Waals surface area contributed by atoms with E-state index in [-0.39, 0.29) is 12.0 Å². The standard InChI is InChI=1S/C22H27N3O2/c1-15(2)25-20-8-6-5-7-19(20)24-21(25)13-14-23-22(26)17-9-11-18(12-10-17)27-16(3)4/h5-12,15-16H,13-14H2,1-4H3,(H,23,26). The van der Waals surface area contributed by atoms with Gasteiger partial charge < -0.3 is 14.6 Å². The molecule has 1 N–H and O–H groups in total. The van der Waals surface area contributed by atoms with Gasteiger partial charge in [0.2, 0.25) is 0 Å². The highest BCUT2D eigenvalue weighted by molar-refractivity contribution is 5.94. The summed E-state index contributed by atoms with van der Waals surface area (Å²) in [7, 11) is 0. The Balaban J connectivity index is 1.63. The second-order valence-corrected chi connectivity index (χ2v) is 7.18. The zero-order chi connectivity index (χ0) is 19.4. The first-order valence-corrected chi connectivity index (χ1v) is 9.46. The number of hydrogen-bond acceptors (Lipinski definition) is 3. The molecule has 0 fully saturated rings. The predicted octanol–water partition coefficient (Wildman–Crippen LogP) is 4.38. The van der Waals surface area contributed by atoms with Crippen LogP contribution in [-0.4, -0.2) is 28.1 Å². The maximum absolute atomic E-state index is 12.4. The molecule has 5 nitrogen and oxygen atoms in total. The summed E-state index contributed by atoms with van der Waals surface area (Å²) in [6.45, 7) is 8.79. The molecule has 0 atom stereocenters. The van der Waals surface area contributed by atoms with E-state index in [9.17, 15) is 4.79 Å². The zero-order valence-electron chi connectivity index (χ0n) is 16.4. The molecule has 1 amide bonds. The third-order valence-corrected chi connectivity index (χ3v) is 4.31. The van der Waals surface area contributed by atoms with Crippen molar-refractivity contribution >= 4 is 16.9 Å². The number of para-hydroxylation sites is 2. The van der Waals surface area contributed by atoms with E-state index in [0.29, 0.717) is 24.6 Å². The summed E-state index contributed by atoms with van der Waals surface area (Å²) in [6, 6.07) is 15.7. The Hall–Kier alpha value is -2.82. The Morgan fingerprint density at radius 3 is 2.44 bits per heavy atom. The number of carbonyl (C=O) groups excluding carboxylic acids is 1. The van der Waals surface area contributed by atoms with Gasteiger partial charge in [0.15, 0.2) is 0 Å². The van der Waals surface area contributed by atoms with E-state index in [2.05, 4.69) is 29.8 Å². The molecular formula is C22H27N3O2. The minimum atomic E-state index is -0.0849. The van der Waals surface area contributed by atoms with Crippen molar-refractivity contribution < 1.29 is 9.53 Å². The summed E-state index contributed by atoms with van der Waals surface area (Å²) >= 11 is 0. The Bertz CT molecular complexity index is 911. The lowest BCUT2D eigenvalue weighted by atomic mass is 10.2. The summed E-state index contributed by atoms with van der Waals surface area (Å²) in [4.78, 5) is 17.1. The number of nitrogens with one attached hydrogen (secondary N) is 1. The van der Waals surface area contributed by atoms with Gasteiger partial charge >= 0.3 is 0 Å². The van der Waals surface area contributed by atoms with Crippen LogP contribution in [0.2, 0.25) is 0 Å². The van der Waals surface area contributed by atoms with Crippen LogP contribution in [0.5, 0.6) is 5.75 Å². The number of rotatable bonds is 7. The fourth-order valence-corrected chi connectivity index (χ4v) is 3.19. The summed E-state index contributed by atoms with van der Waals surface area (Å²) in [5.74, 6) is 1.68. The quantitative estimate of drug-likeness (QED) is 0.676. The number of carbonyl (C=O) groups is 1. The molecule has 2 aromatic carbocycles. The lowest BCUT2D eigenvalue weighted by Gasteiger charge is -2.13. The van der Waals surface area contributed by atoms with Gasteiger partial charge in [0.25, 0.3) is 5.91 Å². The van der Waals surface area contributed by atoms with Crippen molar-refractivity contribution in [3.63, 3.8) is 0 Å². The van der Waals surface area contributed by atoms with Crippen molar-refractivity contribution in [2.24, 2.45) is 0 Å². The van der Waals surface area contributed by atoms with E-state index in [1.54, 1.807) is 12.1 Å². The molecular weight excluding hydrogens is 338 g/mol. The molecule has 142 valence electrons. The number of benzene rings is 2. The number of nitrogens with zero attached hydrogens (tertiary/aromatic N) is 2. The topological polar surface area (TPSA) is 56.1 Å². The van der Waals surface area contributed by atoms with Crippen molar-refractivity contribution in [3.8, 4) is 5.75 Å². The number of fused-ring (bicyclic) bond motifs is 1. The molecule has 5 heteroatoms. The summed E-state index contributed by atoms with van der Waals surface area (Å²) in [6.07, 6.45) is 0.803. The second-order valence-electron chi connectivity index (χ2n) is 7.18. The molecule has 27 heavy (non-hydrogen) atoms. The van der Waals surface area contributed by atoms with Crippen LogP contribution in [0.3, 0.4) is 0 Å². The first-order valence-electron chi connectivity index (χ1n) is 9.46. The Kier molecular flexibility index (Phi) is 5.79. The van der Waals surface area contributed by atoms with Crippen LogP contribution in [0.25, 0.3) is 11.0 Å². The molecule has 0 aliphatic heterocycles. The highest BCUT2D eigenvalue weighted by Crippen LogP contribution is 2.21. The summed E-state index contributed by atoms with van der Waals surface area (Å²) in [5, 5.41) is 2.99. The zero-order valence-corrected chi connectivity index (χ0v) is 16.4. The van der Waals surface area contributed by atoms with Crippen LogP contribution in [-0.2, 0) is 6.42 Å². The van der Waals surface area contributed by atoms with Gasteiger partial charge in [0.05, 0.1) is 17.1 Å². The van der Waals surface area contributed by atoms with Gasteiger partial charge in [-0.15, -0.1) is 0 Å². The van der Waals surface area contributed by atoms with E-state index < -0.39 is 0 Å². The molecule has 3 rings (SSSR count). The summed E-state index contributed by atoms with van der Waals surface area (Å²) < 4.78 is 7.85. The lowest BCUT2D eigenvalue weighted by molar-refractivity contribution is 0.0954. The van der Waals surface area contributed by atoms with Crippen LogP contribution in [0.4, 0.5) is 0 Å². The average Bonchev–Trinajstić information content (AvgIpc) is 3.00. The Morgan fingerprint density at radius 2 is 1.78 bits per heavy atom. The molecule has 0 aliphatic rings. The Morgan fingerprint density at radius 1 is 1.07 bits per heavy atom. The highest BCUT2D eigenvalue weighted by atomic mass is 16.5. The van der Waals surface area contributed by atoms with Gasteiger partial charge in [-0.2, -0.15) is 0 Å². The molecule has 1 aromatic heterocycles. The molecule has 0 bridgehead atoms. The van der Waals surface area contributed by atoms with Crippen LogP contribution >= 0.6 is 0 Å². The third kappa shape index (κ3) is 4.48. The normalized spacial score (nSPS) is 11.3. The van der Waals surface area contributed by atoms with E-state index in [4.69, 9.17) is 9.72 Å². The molecule has 0 spiro atoms. The van der Waals surface area contributed by atoms with Crippen LogP contribution in [0.1, 0.15) is 49.9 Å². The highest BCUT2D eigenvalue weighted by Gasteiger charge is 2.13. The molecule has 0 saturated heterocycles. The van der Waals surface area contributed by atoms with Crippen molar-refractivity contribution in [1.82, 2.24) is 14.9 Å². The number of aromatic nitrogens is 2. The number of amides is 1. The average molecular weight is 365 g/mol. The minimum absolute atomic E-state index is 0.0849. The number of hydrogen-bond donors (Lipinski definition) is 1. The van der Waals surface area contributed by atoms with Crippen molar-refractivity contribution in [3.05, 3.63) is 59.9 Å². The smallest absolute Gasteiger partial charge is 0.251 e. The van der Waals surface area contributed by atoms with E-state index >= 15 is 0 Å². The third-order valence-electron chi connectivity index (χ3n) is 4.31. The van der Waals surface area contributed by atoms with Crippen molar-refractivity contribution in [2.45, 2.75) is 46.3 Å². The van der Waals surface area contributed by atoms with Gasteiger partial charge in [-0.25, -0.2) is 4.98 Å². The van der Waals surface area contributed by atoms with Crippen LogP contribution < -0.4 is 10.1 Å². The van der Waals surface area contributed by atoms with Crippen LogP contribution in [0, 0.1) is 0 Å². The molecule has 0 unspecified atom stereocenters. The minimum Gasteiger partial charge on any atom is -0.491 e. The fourth-order valence-electron chi connectivity index (χ4n) is 3.19. The predicted molar refractivity (Wildman–Crippen MR) is 108 cm³/mol. The maximum atomic E-state index is 12.4. The lowest BCUT2D eigenvalue weighted by Crippen LogP contribution is -2.26. The monoisotopic (exact) mass is 365 g/mol. The van der Waals surface area contributed by atoms with Gasteiger partial charge in [-0.1, -0.05) is 12.1 Å². The molecule has 0 aliphatic carbocycles. The number of imidazole rings is 1. The molecule has 0 radical (unpaired) electrons. The second kappa shape index (κ2) is 8.25. The largest absolute Gasteiger partial charge is 0.491 e. The maximum Gasteiger partial charge on any atom is 0.251 e. The SMILES string of the molecule is CC(C)Oc1ccc(C(=O)NCCc2nc3ccccc3n2C(C)C)cc1. The van der Waals surface area contributed by atoms with Crippen molar-refractivity contribution in [1.29, 1.82) is 0 Å². The first-order chi connectivity index (χ1) is 13.0. The number of ether oxygens (including phenoxy) is 1. The molecule has 0 saturated carbocycles. The van der Waals surface area contributed by atoms with Gasteiger partial charge in [0, 0.05) is 24.6 Å². The van der Waals surface area contributed by atoms with Crippen LogP contribution in [0.15, 0.2) is 48.5 Å². The van der Waals surface area contributed by atoms with Gasteiger partial charge in [-0.05, 0) is 64.1 Å². The fraction of sp³-hybridized carbons (Fsp3) is 0.364. The Labute approximate surface area is 160 Å².